The molecule has 2 aromatic carbocycles. The molecule has 1 amide bonds. The normalized spacial score (nSPS) is 10.8. The molecule has 4 aromatic rings. The van der Waals surface area contributed by atoms with Crippen molar-refractivity contribution in [3.05, 3.63) is 88.6 Å². The van der Waals surface area contributed by atoms with Crippen molar-refractivity contribution in [3.8, 4) is 11.1 Å². The van der Waals surface area contributed by atoms with Crippen molar-refractivity contribution in [2.75, 3.05) is 5.32 Å². The number of aromatic nitrogens is 2. The lowest BCUT2D eigenvalue weighted by molar-refractivity contribution is 0.100. The quantitative estimate of drug-likeness (QED) is 0.508. The topological polar surface area (TPSA) is 101 Å². The smallest absolute Gasteiger partial charge is 0.249 e. The number of halogens is 1. The molecule has 2 heterocycles. The third-order valence-corrected chi connectivity index (χ3v) is 4.36. The first-order chi connectivity index (χ1) is 13.5. The van der Waals surface area contributed by atoms with Gasteiger partial charge in [-0.3, -0.25) is 9.59 Å². The van der Waals surface area contributed by atoms with Gasteiger partial charge in [-0.1, -0.05) is 12.1 Å². The monoisotopic (exact) mass is 374 g/mol. The minimum absolute atomic E-state index is 0.221. The second kappa shape index (κ2) is 6.96. The van der Waals surface area contributed by atoms with Gasteiger partial charge in [0.05, 0.1) is 5.69 Å². The summed E-state index contributed by atoms with van der Waals surface area (Å²) in [5.41, 5.74) is 8.57. The number of primary amides is 1. The fraction of sp³-hybridized carbons (Fsp3) is 0. The first-order valence-corrected chi connectivity index (χ1v) is 8.46. The molecule has 0 spiro atoms. The number of hydrogen-bond acceptors (Lipinski definition) is 4. The number of rotatable bonds is 4. The van der Waals surface area contributed by atoms with E-state index in [1.165, 1.54) is 24.3 Å². The summed E-state index contributed by atoms with van der Waals surface area (Å²) in [5, 5.41) is 4.04. The van der Waals surface area contributed by atoms with Gasteiger partial charge in [0.25, 0.3) is 0 Å². The van der Waals surface area contributed by atoms with Crippen LogP contribution in [-0.2, 0) is 0 Å². The number of nitrogens with one attached hydrogen (secondary N) is 2. The summed E-state index contributed by atoms with van der Waals surface area (Å²) < 4.78 is 13.6. The first kappa shape index (κ1) is 17.4. The van der Waals surface area contributed by atoms with Crippen LogP contribution in [0.3, 0.4) is 0 Å². The van der Waals surface area contributed by atoms with Gasteiger partial charge < -0.3 is 16.0 Å². The third kappa shape index (κ3) is 3.33. The van der Waals surface area contributed by atoms with E-state index in [0.717, 1.165) is 16.8 Å². The van der Waals surface area contributed by atoms with E-state index in [9.17, 15) is 14.0 Å². The average molecular weight is 374 g/mol. The molecule has 0 saturated heterocycles. The number of carbonyl (C=O) groups is 1. The van der Waals surface area contributed by atoms with Crippen LogP contribution in [0.4, 0.5) is 15.8 Å². The molecule has 0 fully saturated rings. The highest BCUT2D eigenvalue weighted by Crippen LogP contribution is 2.28. The molecule has 4 N–H and O–H groups in total. The van der Waals surface area contributed by atoms with E-state index in [1.807, 2.05) is 12.1 Å². The maximum absolute atomic E-state index is 13.6. The van der Waals surface area contributed by atoms with Crippen molar-refractivity contribution in [2.45, 2.75) is 0 Å². The van der Waals surface area contributed by atoms with E-state index in [2.05, 4.69) is 15.3 Å². The number of nitrogens with two attached hydrogens (primary N) is 1. The van der Waals surface area contributed by atoms with E-state index in [1.54, 1.807) is 30.5 Å². The molecule has 0 aliphatic carbocycles. The lowest BCUT2D eigenvalue weighted by atomic mass is 9.99. The van der Waals surface area contributed by atoms with E-state index >= 15 is 0 Å². The fourth-order valence-corrected chi connectivity index (χ4v) is 3.03. The van der Waals surface area contributed by atoms with Crippen molar-refractivity contribution >= 4 is 28.3 Å². The highest BCUT2D eigenvalue weighted by molar-refractivity contribution is 6.00. The lowest BCUT2D eigenvalue weighted by Crippen LogP contribution is -2.12. The summed E-state index contributed by atoms with van der Waals surface area (Å²) in [7, 11) is 0. The number of anilines is 2. The van der Waals surface area contributed by atoms with Crippen molar-refractivity contribution in [3.63, 3.8) is 0 Å². The highest BCUT2D eigenvalue weighted by Gasteiger charge is 2.11. The molecule has 0 unspecified atom stereocenters. The Hall–Kier alpha value is -4.00. The van der Waals surface area contributed by atoms with E-state index < -0.39 is 11.7 Å². The Morgan fingerprint density at radius 1 is 1.04 bits per heavy atom. The summed E-state index contributed by atoms with van der Waals surface area (Å²) in [6.45, 7) is 0. The fourth-order valence-electron chi connectivity index (χ4n) is 3.03. The highest BCUT2D eigenvalue weighted by atomic mass is 19.1. The maximum Gasteiger partial charge on any atom is 0.249 e. The number of amides is 1. The molecular formula is C21H15FN4O2. The summed E-state index contributed by atoms with van der Waals surface area (Å²) in [5.74, 6) is -1.06. The van der Waals surface area contributed by atoms with Gasteiger partial charge in [-0.25, -0.2) is 9.37 Å². The van der Waals surface area contributed by atoms with Gasteiger partial charge in [-0.2, -0.15) is 0 Å². The predicted octanol–water partition coefficient (Wildman–Crippen LogP) is 3.57. The second-order valence-corrected chi connectivity index (χ2v) is 6.20. The minimum atomic E-state index is -0.616. The molecule has 0 bridgehead atoms. The van der Waals surface area contributed by atoms with Crippen molar-refractivity contribution < 1.29 is 9.18 Å². The molecule has 0 atom stereocenters. The first-order valence-electron chi connectivity index (χ1n) is 8.46. The average Bonchev–Trinajstić information content (AvgIpc) is 2.68. The third-order valence-electron chi connectivity index (χ3n) is 4.36. The van der Waals surface area contributed by atoms with Crippen LogP contribution in [0.5, 0.6) is 0 Å². The van der Waals surface area contributed by atoms with Gasteiger partial charge in [0.1, 0.15) is 11.5 Å². The van der Waals surface area contributed by atoms with Crippen LogP contribution in [0.2, 0.25) is 0 Å². The largest absolute Gasteiger partial charge is 0.366 e. The van der Waals surface area contributed by atoms with Gasteiger partial charge in [0.15, 0.2) is 0 Å². The minimum Gasteiger partial charge on any atom is -0.366 e. The number of fused-ring (bicyclic) bond motifs is 1. The zero-order valence-electron chi connectivity index (χ0n) is 14.6. The Morgan fingerprint density at radius 3 is 2.57 bits per heavy atom. The Balaban J connectivity index is 1.68. The van der Waals surface area contributed by atoms with Crippen LogP contribution in [0.15, 0.2) is 71.7 Å². The van der Waals surface area contributed by atoms with Gasteiger partial charge >= 0.3 is 0 Å². The molecule has 0 radical (unpaired) electrons. The summed E-state index contributed by atoms with van der Waals surface area (Å²) in [6, 6.07) is 16.0. The number of benzene rings is 2. The van der Waals surface area contributed by atoms with Gasteiger partial charge in [0.2, 0.25) is 11.5 Å². The van der Waals surface area contributed by atoms with E-state index in [4.69, 9.17) is 5.73 Å². The van der Waals surface area contributed by atoms with Crippen LogP contribution >= 0.6 is 0 Å². The van der Waals surface area contributed by atoms with Crippen molar-refractivity contribution in [1.82, 2.24) is 9.97 Å². The Morgan fingerprint density at radius 2 is 1.82 bits per heavy atom. The summed E-state index contributed by atoms with van der Waals surface area (Å²) in [4.78, 5) is 29.9. The number of hydrogen-bond donors (Lipinski definition) is 3. The Bertz CT molecular complexity index is 1250. The number of carbonyl (C=O) groups excluding carboxylic acids is 1. The second-order valence-electron chi connectivity index (χ2n) is 6.20. The SMILES string of the molecule is NC(=O)c1ccc(F)cc1-c1ccc(Nc2ccnc3[nH]c(=O)ccc23)cc1. The number of H-pyrrole nitrogens is 1. The molecule has 7 heteroatoms. The van der Waals surface area contributed by atoms with Crippen molar-refractivity contribution in [2.24, 2.45) is 5.73 Å². The van der Waals surface area contributed by atoms with E-state index in [-0.39, 0.29) is 11.1 Å². The molecule has 0 aliphatic heterocycles. The number of nitrogens with zero attached hydrogens (tertiary/aromatic N) is 1. The molecule has 6 nitrogen and oxygen atoms in total. The molecule has 2 aromatic heterocycles. The van der Waals surface area contributed by atoms with Gasteiger partial charge in [0, 0.05) is 28.9 Å². The molecule has 138 valence electrons. The summed E-state index contributed by atoms with van der Waals surface area (Å²) >= 11 is 0. The lowest BCUT2D eigenvalue weighted by Gasteiger charge is -2.11. The predicted molar refractivity (Wildman–Crippen MR) is 106 cm³/mol. The summed E-state index contributed by atoms with van der Waals surface area (Å²) in [6.07, 6.45) is 1.60. The van der Waals surface area contributed by atoms with Crippen LogP contribution in [0.25, 0.3) is 22.2 Å². The van der Waals surface area contributed by atoms with Crippen LogP contribution in [0, 0.1) is 5.82 Å². The number of pyridine rings is 2. The molecule has 4 rings (SSSR count). The Kier molecular flexibility index (Phi) is 4.33. The molecule has 28 heavy (non-hydrogen) atoms. The van der Waals surface area contributed by atoms with Crippen LogP contribution < -0.4 is 16.6 Å². The van der Waals surface area contributed by atoms with Gasteiger partial charge in [-0.05, 0) is 53.6 Å². The molecular weight excluding hydrogens is 359 g/mol. The van der Waals surface area contributed by atoms with Crippen LogP contribution in [-0.4, -0.2) is 15.9 Å². The van der Waals surface area contributed by atoms with Crippen LogP contribution in [0.1, 0.15) is 10.4 Å². The molecule has 0 saturated carbocycles. The maximum atomic E-state index is 13.6. The zero-order chi connectivity index (χ0) is 19.7. The number of aromatic amines is 1. The van der Waals surface area contributed by atoms with Gasteiger partial charge in [-0.15, -0.1) is 0 Å². The van der Waals surface area contributed by atoms with Crippen molar-refractivity contribution in [1.29, 1.82) is 0 Å². The zero-order valence-corrected chi connectivity index (χ0v) is 14.6. The van der Waals surface area contributed by atoms with E-state index in [0.29, 0.717) is 16.8 Å². The molecule has 0 aliphatic rings. The standard InChI is InChI=1S/C21H15FN4O2/c22-13-3-6-15(20(23)28)17(11-13)12-1-4-14(5-2-12)25-18-9-10-24-21-16(18)7-8-19(27)26-21/h1-11H,(H2,23,28)(H2,24,25,26,27). The Labute approximate surface area is 158 Å².